The predicted molar refractivity (Wildman–Crippen MR) is 72.3 cm³/mol. The molecule has 2 N–H and O–H groups in total. The van der Waals surface area contributed by atoms with Crippen molar-refractivity contribution in [1.29, 1.82) is 0 Å². The molecule has 0 aromatic rings. The molecule has 0 fully saturated rings. The second-order valence-corrected chi connectivity index (χ2v) is 6.24. The molecule has 0 heterocycles. The highest BCUT2D eigenvalue weighted by Crippen LogP contribution is 2.27. The summed E-state index contributed by atoms with van der Waals surface area (Å²) < 4.78 is 0. The average molecular weight is 257 g/mol. The molecule has 4 heteroatoms. The van der Waals surface area contributed by atoms with E-state index in [4.69, 9.17) is 5.11 Å². The standard InChI is InChI=1S/C14H27NO3/c1-7-9(2)12(13(17)18)15-11(16)8-10(3)14(4,5)6/h9-10,12H,7-8H2,1-6H3,(H,15,16)(H,17,18). The van der Waals surface area contributed by atoms with E-state index in [2.05, 4.69) is 26.1 Å². The molecule has 0 spiro atoms. The van der Waals surface area contributed by atoms with Crippen LogP contribution >= 0.6 is 0 Å². The van der Waals surface area contributed by atoms with Gasteiger partial charge >= 0.3 is 5.97 Å². The second kappa shape index (κ2) is 6.76. The van der Waals surface area contributed by atoms with E-state index in [-0.39, 0.29) is 23.2 Å². The van der Waals surface area contributed by atoms with Crippen LogP contribution in [0.5, 0.6) is 0 Å². The van der Waals surface area contributed by atoms with Gasteiger partial charge in [-0.15, -0.1) is 0 Å². The first-order valence-electron chi connectivity index (χ1n) is 6.61. The molecule has 0 aromatic heterocycles. The predicted octanol–water partition coefficient (Wildman–Crippen LogP) is 2.67. The minimum atomic E-state index is -0.957. The number of carboxylic acid groups (broad SMARTS) is 1. The highest BCUT2D eigenvalue weighted by molar-refractivity contribution is 5.83. The van der Waals surface area contributed by atoms with Gasteiger partial charge in [0, 0.05) is 6.42 Å². The number of hydrogen-bond acceptors (Lipinski definition) is 2. The molecular weight excluding hydrogens is 230 g/mol. The maximum Gasteiger partial charge on any atom is 0.326 e. The van der Waals surface area contributed by atoms with Gasteiger partial charge in [-0.2, -0.15) is 0 Å². The van der Waals surface area contributed by atoms with Gasteiger partial charge in [-0.1, -0.05) is 48.0 Å². The monoisotopic (exact) mass is 257 g/mol. The molecule has 3 atom stereocenters. The van der Waals surface area contributed by atoms with E-state index < -0.39 is 12.0 Å². The zero-order valence-electron chi connectivity index (χ0n) is 12.4. The van der Waals surface area contributed by atoms with Crippen molar-refractivity contribution in [1.82, 2.24) is 5.32 Å². The largest absolute Gasteiger partial charge is 0.480 e. The Bertz CT molecular complexity index is 294. The lowest BCUT2D eigenvalue weighted by Crippen LogP contribution is -2.45. The van der Waals surface area contributed by atoms with E-state index in [9.17, 15) is 9.59 Å². The van der Waals surface area contributed by atoms with E-state index in [0.717, 1.165) is 6.42 Å². The number of rotatable bonds is 6. The number of carbonyl (C=O) groups is 2. The fourth-order valence-electron chi connectivity index (χ4n) is 1.50. The van der Waals surface area contributed by atoms with Gasteiger partial charge in [0.05, 0.1) is 0 Å². The molecule has 0 saturated heterocycles. The van der Waals surface area contributed by atoms with Crippen LogP contribution in [0.1, 0.15) is 54.4 Å². The van der Waals surface area contributed by atoms with Crippen molar-refractivity contribution in [3.63, 3.8) is 0 Å². The van der Waals surface area contributed by atoms with E-state index in [1.165, 1.54) is 0 Å². The highest BCUT2D eigenvalue weighted by atomic mass is 16.4. The van der Waals surface area contributed by atoms with Gasteiger partial charge in [-0.25, -0.2) is 4.79 Å². The summed E-state index contributed by atoms with van der Waals surface area (Å²) in [6.45, 7) is 12.0. The van der Waals surface area contributed by atoms with Crippen LogP contribution in [-0.2, 0) is 9.59 Å². The van der Waals surface area contributed by atoms with Crippen LogP contribution in [-0.4, -0.2) is 23.0 Å². The van der Waals surface area contributed by atoms with Gasteiger partial charge in [0.25, 0.3) is 0 Å². The third kappa shape index (κ3) is 5.52. The first-order valence-corrected chi connectivity index (χ1v) is 6.61. The van der Waals surface area contributed by atoms with Gasteiger partial charge in [0.15, 0.2) is 0 Å². The number of hydrogen-bond donors (Lipinski definition) is 2. The number of aliphatic carboxylic acids is 1. The van der Waals surface area contributed by atoms with Crippen LogP contribution in [0.3, 0.4) is 0 Å². The maximum atomic E-state index is 11.9. The molecule has 0 aliphatic carbocycles. The van der Waals surface area contributed by atoms with Gasteiger partial charge < -0.3 is 10.4 Å². The van der Waals surface area contributed by atoms with Crippen molar-refractivity contribution in [3.8, 4) is 0 Å². The Hall–Kier alpha value is -1.06. The molecule has 0 aliphatic rings. The summed E-state index contributed by atoms with van der Waals surface area (Å²) in [5, 5.41) is 11.7. The Labute approximate surface area is 110 Å². The summed E-state index contributed by atoms with van der Waals surface area (Å²) in [7, 11) is 0. The lowest BCUT2D eigenvalue weighted by atomic mass is 9.80. The van der Waals surface area contributed by atoms with Crippen molar-refractivity contribution in [2.45, 2.75) is 60.4 Å². The maximum absolute atomic E-state index is 11.9. The molecule has 3 unspecified atom stereocenters. The Kier molecular flexibility index (Phi) is 6.36. The Balaban J connectivity index is 4.49. The topological polar surface area (TPSA) is 66.4 Å². The summed E-state index contributed by atoms with van der Waals surface area (Å²) >= 11 is 0. The van der Waals surface area contributed by atoms with Gasteiger partial charge in [0.2, 0.25) is 5.91 Å². The molecule has 0 saturated carbocycles. The third-order valence-electron chi connectivity index (χ3n) is 3.77. The van der Waals surface area contributed by atoms with Crippen molar-refractivity contribution in [3.05, 3.63) is 0 Å². The van der Waals surface area contributed by atoms with Crippen LogP contribution in [0, 0.1) is 17.3 Å². The molecule has 0 bridgehead atoms. The zero-order valence-corrected chi connectivity index (χ0v) is 12.4. The van der Waals surface area contributed by atoms with Gasteiger partial charge in [0.1, 0.15) is 6.04 Å². The molecule has 0 aromatic carbocycles. The second-order valence-electron chi connectivity index (χ2n) is 6.24. The summed E-state index contributed by atoms with van der Waals surface area (Å²) in [5.74, 6) is -0.980. The van der Waals surface area contributed by atoms with Crippen LogP contribution in [0.25, 0.3) is 0 Å². The van der Waals surface area contributed by atoms with Gasteiger partial charge in [-0.3, -0.25) is 4.79 Å². The molecule has 4 nitrogen and oxygen atoms in total. The van der Waals surface area contributed by atoms with E-state index in [0.29, 0.717) is 6.42 Å². The number of carbonyl (C=O) groups excluding carboxylic acids is 1. The summed E-state index contributed by atoms with van der Waals surface area (Å²) in [4.78, 5) is 23.0. The molecule has 0 radical (unpaired) electrons. The normalized spacial score (nSPS) is 16.8. The molecule has 0 aliphatic heterocycles. The smallest absolute Gasteiger partial charge is 0.326 e. The van der Waals surface area contributed by atoms with Crippen molar-refractivity contribution >= 4 is 11.9 Å². The van der Waals surface area contributed by atoms with Crippen molar-refractivity contribution in [2.75, 3.05) is 0 Å². The Morgan fingerprint density at radius 1 is 1.22 bits per heavy atom. The number of nitrogens with one attached hydrogen (secondary N) is 1. The van der Waals surface area contributed by atoms with Crippen LogP contribution < -0.4 is 5.32 Å². The lowest BCUT2D eigenvalue weighted by Gasteiger charge is -2.28. The summed E-state index contributed by atoms with van der Waals surface area (Å²) in [5.41, 5.74) is 0.0480. The summed E-state index contributed by atoms with van der Waals surface area (Å²) in [6, 6.07) is -0.783. The molecule has 106 valence electrons. The summed E-state index contributed by atoms with van der Waals surface area (Å²) in [6.07, 6.45) is 1.09. The Morgan fingerprint density at radius 3 is 2.06 bits per heavy atom. The first kappa shape index (κ1) is 16.9. The molecule has 18 heavy (non-hydrogen) atoms. The first-order chi connectivity index (χ1) is 8.09. The fraction of sp³-hybridized carbons (Fsp3) is 0.857. The SMILES string of the molecule is CCC(C)C(NC(=O)CC(C)C(C)(C)C)C(=O)O. The Morgan fingerprint density at radius 2 is 1.72 bits per heavy atom. The average Bonchev–Trinajstić information content (AvgIpc) is 2.23. The number of amides is 1. The van der Waals surface area contributed by atoms with Crippen molar-refractivity contribution < 1.29 is 14.7 Å². The lowest BCUT2D eigenvalue weighted by molar-refractivity contribution is -0.143. The molecule has 1 amide bonds. The van der Waals surface area contributed by atoms with Crippen LogP contribution in [0.4, 0.5) is 0 Å². The van der Waals surface area contributed by atoms with E-state index >= 15 is 0 Å². The quantitative estimate of drug-likeness (QED) is 0.768. The van der Waals surface area contributed by atoms with Crippen LogP contribution in [0.2, 0.25) is 0 Å². The van der Waals surface area contributed by atoms with Gasteiger partial charge in [-0.05, 0) is 17.3 Å². The minimum Gasteiger partial charge on any atom is -0.480 e. The zero-order chi connectivity index (χ0) is 14.5. The molecule has 0 rings (SSSR count). The highest BCUT2D eigenvalue weighted by Gasteiger charge is 2.28. The van der Waals surface area contributed by atoms with Crippen LogP contribution in [0.15, 0.2) is 0 Å². The fourth-order valence-corrected chi connectivity index (χ4v) is 1.50. The van der Waals surface area contributed by atoms with E-state index in [1.807, 2.05) is 20.8 Å². The molecular formula is C14H27NO3. The van der Waals surface area contributed by atoms with Crippen molar-refractivity contribution in [2.24, 2.45) is 17.3 Å². The number of carboxylic acids is 1. The third-order valence-corrected chi connectivity index (χ3v) is 3.77. The minimum absolute atomic E-state index is 0.0480. The van der Waals surface area contributed by atoms with E-state index in [1.54, 1.807) is 0 Å².